The Morgan fingerprint density at radius 2 is 1.96 bits per heavy atom. The third kappa shape index (κ3) is 3.58. The maximum atomic E-state index is 13.2. The molecule has 1 unspecified atom stereocenters. The summed E-state index contributed by atoms with van der Waals surface area (Å²) in [5, 5.41) is 5.25. The van der Waals surface area contributed by atoms with Gasteiger partial charge in [-0.3, -0.25) is 4.79 Å². The summed E-state index contributed by atoms with van der Waals surface area (Å²) in [5.74, 6) is -0.959. The summed E-state index contributed by atoms with van der Waals surface area (Å²) in [6.07, 6.45) is 1.52. The fourth-order valence-corrected chi connectivity index (χ4v) is 3.34. The molecule has 0 aliphatic heterocycles. The molecule has 8 heteroatoms. The molecule has 1 N–H and O–H groups in total. The van der Waals surface area contributed by atoms with E-state index in [1.165, 1.54) is 25.3 Å². The molecule has 0 fully saturated rings. The number of carbonyl (C=O) groups excluding carboxylic acids is 1. The lowest BCUT2D eigenvalue weighted by Crippen LogP contribution is -2.33. The number of nitrogens with one attached hydrogen (secondary N) is 1. The van der Waals surface area contributed by atoms with E-state index in [0.717, 1.165) is 12.1 Å². The van der Waals surface area contributed by atoms with E-state index in [4.69, 9.17) is 0 Å². The zero-order valence-electron chi connectivity index (χ0n) is 13.0. The van der Waals surface area contributed by atoms with E-state index in [9.17, 15) is 17.6 Å². The van der Waals surface area contributed by atoms with E-state index in [-0.39, 0.29) is 10.9 Å². The van der Waals surface area contributed by atoms with Gasteiger partial charge in [-0.25, -0.2) is 17.5 Å². The fraction of sp³-hybridized carbons (Fsp3) is 0.333. The van der Waals surface area contributed by atoms with Crippen LogP contribution in [0.5, 0.6) is 0 Å². The first kappa shape index (κ1) is 17.1. The topological polar surface area (TPSA) is 81.1 Å². The molecule has 1 aromatic heterocycles. The van der Waals surface area contributed by atoms with Crippen LogP contribution in [0.2, 0.25) is 0 Å². The van der Waals surface area contributed by atoms with Crippen molar-refractivity contribution in [3.05, 3.63) is 42.3 Å². The maximum absolute atomic E-state index is 13.2. The van der Waals surface area contributed by atoms with Crippen molar-refractivity contribution in [1.29, 1.82) is 0 Å². The summed E-state index contributed by atoms with van der Waals surface area (Å²) in [6.45, 7) is 5.04. The Hall–Kier alpha value is -2.22. The molecule has 1 aromatic carbocycles. The first-order chi connectivity index (χ1) is 10.7. The highest BCUT2D eigenvalue weighted by molar-refractivity contribution is 7.92. The molecular weight excluding hydrogens is 321 g/mol. The molecule has 6 nitrogen and oxygen atoms in total. The quantitative estimate of drug-likeness (QED) is 0.907. The van der Waals surface area contributed by atoms with Crippen LogP contribution in [0.4, 0.5) is 10.2 Å². The smallest absolute Gasteiger partial charge is 0.243 e. The Bertz CT molecular complexity index is 815. The molecule has 0 radical (unpaired) electrons. The van der Waals surface area contributed by atoms with Crippen molar-refractivity contribution < 1.29 is 17.6 Å². The van der Waals surface area contributed by atoms with E-state index < -0.39 is 26.8 Å². The summed E-state index contributed by atoms with van der Waals surface area (Å²) in [4.78, 5) is 12.0. The number of anilines is 1. The molecule has 2 rings (SSSR count). The normalized spacial score (nSPS) is 13.1. The maximum Gasteiger partial charge on any atom is 0.243 e. The number of benzene rings is 1. The van der Waals surface area contributed by atoms with Crippen LogP contribution in [0.3, 0.4) is 0 Å². The zero-order chi connectivity index (χ0) is 17.2. The summed E-state index contributed by atoms with van der Waals surface area (Å²) in [7, 11) is -3.98. The summed E-state index contributed by atoms with van der Waals surface area (Å²) in [6, 6.07) is 6.19. The van der Waals surface area contributed by atoms with Crippen molar-refractivity contribution in [2.45, 2.75) is 37.0 Å². The number of hydrogen-bond donors (Lipinski definition) is 1. The summed E-state index contributed by atoms with van der Waals surface area (Å²) in [5.41, 5.74) is 0. The standard InChI is InChI=1S/C15H18FN3O3S/c1-10(2)19-14(7-8-17-19)18-15(20)11(3)23(21,22)13-6-4-5-12(16)9-13/h4-11H,1-3H3,(H,18,20). The highest BCUT2D eigenvalue weighted by Gasteiger charge is 2.30. The first-order valence-electron chi connectivity index (χ1n) is 7.07. The van der Waals surface area contributed by atoms with E-state index in [0.29, 0.717) is 5.82 Å². The second-order valence-electron chi connectivity index (χ2n) is 5.39. The number of carbonyl (C=O) groups is 1. The Kier molecular flexibility index (Phi) is 4.84. The van der Waals surface area contributed by atoms with Gasteiger partial charge in [-0.2, -0.15) is 5.10 Å². The van der Waals surface area contributed by atoms with Crippen LogP contribution < -0.4 is 5.32 Å². The van der Waals surface area contributed by atoms with Gasteiger partial charge < -0.3 is 5.32 Å². The van der Waals surface area contributed by atoms with Crippen molar-refractivity contribution in [1.82, 2.24) is 9.78 Å². The Labute approximate surface area is 134 Å². The molecule has 1 amide bonds. The number of sulfone groups is 1. The Morgan fingerprint density at radius 1 is 1.26 bits per heavy atom. The molecule has 124 valence electrons. The average Bonchev–Trinajstić information content (AvgIpc) is 2.94. The molecule has 1 atom stereocenters. The molecule has 23 heavy (non-hydrogen) atoms. The predicted octanol–water partition coefficient (Wildman–Crippen LogP) is 2.40. The van der Waals surface area contributed by atoms with Crippen molar-refractivity contribution in [2.75, 3.05) is 5.32 Å². The Morgan fingerprint density at radius 3 is 2.57 bits per heavy atom. The van der Waals surface area contributed by atoms with Crippen LogP contribution in [-0.2, 0) is 14.6 Å². The minimum atomic E-state index is -3.98. The van der Waals surface area contributed by atoms with Crippen LogP contribution >= 0.6 is 0 Å². The number of nitrogens with zero attached hydrogens (tertiary/aromatic N) is 2. The van der Waals surface area contributed by atoms with Gasteiger partial charge >= 0.3 is 0 Å². The molecule has 0 spiro atoms. The largest absolute Gasteiger partial charge is 0.310 e. The van der Waals surface area contributed by atoms with Gasteiger partial charge in [0.05, 0.1) is 11.1 Å². The lowest BCUT2D eigenvalue weighted by atomic mass is 10.3. The van der Waals surface area contributed by atoms with Gasteiger partial charge in [0.15, 0.2) is 9.84 Å². The van der Waals surface area contributed by atoms with Crippen molar-refractivity contribution in [3.63, 3.8) is 0 Å². The van der Waals surface area contributed by atoms with Gasteiger partial charge in [0.25, 0.3) is 0 Å². The first-order valence-corrected chi connectivity index (χ1v) is 8.62. The van der Waals surface area contributed by atoms with Gasteiger partial charge in [-0.15, -0.1) is 0 Å². The average molecular weight is 339 g/mol. The highest BCUT2D eigenvalue weighted by atomic mass is 32.2. The number of hydrogen-bond acceptors (Lipinski definition) is 4. The SMILES string of the molecule is CC(C)n1nccc1NC(=O)C(C)S(=O)(=O)c1cccc(F)c1. The lowest BCUT2D eigenvalue weighted by Gasteiger charge is -2.15. The Balaban J connectivity index is 2.24. The third-order valence-corrected chi connectivity index (χ3v) is 5.43. The van der Waals surface area contributed by atoms with Crippen LogP contribution in [0.15, 0.2) is 41.4 Å². The van der Waals surface area contributed by atoms with Crippen molar-refractivity contribution >= 4 is 21.6 Å². The molecule has 0 saturated carbocycles. The number of rotatable bonds is 5. The van der Waals surface area contributed by atoms with Gasteiger partial charge in [0, 0.05) is 12.1 Å². The van der Waals surface area contributed by atoms with E-state index in [2.05, 4.69) is 10.4 Å². The molecule has 2 aromatic rings. The van der Waals surface area contributed by atoms with E-state index in [1.807, 2.05) is 13.8 Å². The summed E-state index contributed by atoms with van der Waals surface area (Å²) >= 11 is 0. The van der Waals surface area contributed by atoms with Crippen LogP contribution in [0.1, 0.15) is 26.8 Å². The number of halogens is 1. The number of amides is 1. The van der Waals surface area contributed by atoms with Gasteiger partial charge in [0.2, 0.25) is 5.91 Å². The molecule has 0 aliphatic rings. The monoisotopic (exact) mass is 339 g/mol. The van der Waals surface area contributed by atoms with Crippen LogP contribution in [0, 0.1) is 5.82 Å². The second kappa shape index (κ2) is 6.49. The van der Waals surface area contributed by atoms with Crippen molar-refractivity contribution in [2.24, 2.45) is 0 Å². The lowest BCUT2D eigenvalue weighted by molar-refractivity contribution is -0.115. The van der Waals surface area contributed by atoms with E-state index >= 15 is 0 Å². The number of aromatic nitrogens is 2. The van der Waals surface area contributed by atoms with Gasteiger partial charge in [0.1, 0.15) is 16.9 Å². The molecule has 0 bridgehead atoms. The minimum absolute atomic E-state index is 0.00966. The third-order valence-electron chi connectivity index (χ3n) is 3.37. The van der Waals surface area contributed by atoms with Crippen molar-refractivity contribution in [3.8, 4) is 0 Å². The predicted molar refractivity (Wildman–Crippen MR) is 84.3 cm³/mol. The summed E-state index contributed by atoms with van der Waals surface area (Å²) < 4.78 is 39.6. The highest BCUT2D eigenvalue weighted by Crippen LogP contribution is 2.19. The molecular formula is C15H18FN3O3S. The second-order valence-corrected chi connectivity index (χ2v) is 7.66. The minimum Gasteiger partial charge on any atom is -0.310 e. The molecule has 0 aliphatic carbocycles. The molecule has 1 heterocycles. The zero-order valence-corrected chi connectivity index (χ0v) is 13.8. The fourth-order valence-electron chi connectivity index (χ4n) is 2.04. The van der Waals surface area contributed by atoms with E-state index in [1.54, 1.807) is 10.7 Å². The van der Waals surface area contributed by atoms with Gasteiger partial charge in [-0.05, 0) is 39.0 Å². The van der Waals surface area contributed by atoms with Crippen LogP contribution in [0.25, 0.3) is 0 Å². The molecule has 0 saturated heterocycles. The van der Waals surface area contributed by atoms with Crippen LogP contribution in [-0.4, -0.2) is 29.4 Å². The van der Waals surface area contributed by atoms with Gasteiger partial charge in [-0.1, -0.05) is 6.07 Å².